The molecule has 5 rings (SSSR count). The number of amides is 2. The van der Waals surface area contributed by atoms with E-state index in [-0.39, 0.29) is 11.8 Å². The molecule has 2 aromatic carbocycles. The van der Waals surface area contributed by atoms with Crippen molar-refractivity contribution in [3.8, 4) is 0 Å². The largest absolute Gasteiger partial charge is 0.350 e. The van der Waals surface area contributed by atoms with Gasteiger partial charge >= 0.3 is 0 Å². The average Bonchev–Trinajstić information content (AvgIpc) is 3.12. The highest BCUT2D eigenvalue weighted by molar-refractivity contribution is 6.04. The van der Waals surface area contributed by atoms with Crippen molar-refractivity contribution in [3.63, 3.8) is 0 Å². The fourth-order valence-corrected chi connectivity index (χ4v) is 4.77. The van der Waals surface area contributed by atoms with Crippen LogP contribution in [0.1, 0.15) is 39.1 Å². The van der Waals surface area contributed by atoms with Crippen LogP contribution in [0.15, 0.2) is 72.9 Å². The third-order valence-corrected chi connectivity index (χ3v) is 6.25. The van der Waals surface area contributed by atoms with Gasteiger partial charge < -0.3 is 14.8 Å². The summed E-state index contributed by atoms with van der Waals surface area (Å²) in [4.78, 5) is 33.1. The molecule has 1 aliphatic heterocycles. The van der Waals surface area contributed by atoms with Crippen molar-refractivity contribution >= 4 is 28.5 Å². The summed E-state index contributed by atoms with van der Waals surface area (Å²) < 4.78 is 2.04. The lowest BCUT2D eigenvalue weighted by molar-refractivity contribution is -0.119. The van der Waals surface area contributed by atoms with Crippen molar-refractivity contribution in [3.05, 3.63) is 95.3 Å². The lowest BCUT2D eigenvalue weighted by Crippen LogP contribution is -2.44. The second-order valence-corrected chi connectivity index (χ2v) is 8.29. The maximum absolute atomic E-state index is 13.7. The minimum absolute atomic E-state index is 0.0868. The predicted octanol–water partition coefficient (Wildman–Crippen LogP) is 4.43. The van der Waals surface area contributed by atoms with Crippen LogP contribution in [-0.4, -0.2) is 33.3 Å². The van der Waals surface area contributed by atoms with E-state index < -0.39 is 12.0 Å². The Balaban J connectivity index is 1.68. The van der Waals surface area contributed by atoms with Gasteiger partial charge in [-0.2, -0.15) is 0 Å². The molecule has 6 nitrogen and oxygen atoms in total. The maximum atomic E-state index is 13.7. The fourth-order valence-electron chi connectivity index (χ4n) is 4.77. The fraction of sp³-hybridized carbons (Fsp3) is 0.192. The van der Waals surface area contributed by atoms with Crippen LogP contribution in [0.3, 0.4) is 0 Å². The van der Waals surface area contributed by atoms with Gasteiger partial charge in [0.15, 0.2) is 0 Å². The van der Waals surface area contributed by atoms with Crippen LogP contribution in [0, 0.1) is 6.92 Å². The van der Waals surface area contributed by atoms with Gasteiger partial charge in [0.1, 0.15) is 5.82 Å². The van der Waals surface area contributed by atoms with Gasteiger partial charge in [-0.3, -0.25) is 9.59 Å². The van der Waals surface area contributed by atoms with Crippen molar-refractivity contribution < 1.29 is 9.59 Å². The SMILES string of the molecule is Cc1cccc(NC(=O)C2c3ccccc3C(=O)N(C)C2c2cn(C)c3ccccc23)n1. The monoisotopic (exact) mass is 424 g/mol. The van der Waals surface area contributed by atoms with Gasteiger partial charge in [0.25, 0.3) is 5.91 Å². The molecule has 6 heteroatoms. The van der Waals surface area contributed by atoms with E-state index in [0.29, 0.717) is 11.4 Å². The standard InChI is InChI=1S/C26H24N4O2/c1-16-9-8-14-22(27-16)28-25(31)23-18-11-4-5-12-19(18)26(32)30(3)24(23)20-15-29(2)21-13-7-6-10-17(20)21/h4-15,23-24H,1-3H3,(H,27,28,31). The number of hydrogen-bond acceptors (Lipinski definition) is 3. The number of anilines is 1. The van der Waals surface area contributed by atoms with E-state index in [4.69, 9.17) is 0 Å². The highest BCUT2D eigenvalue weighted by Crippen LogP contribution is 2.44. The number of aryl methyl sites for hydroxylation is 2. The van der Waals surface area contributed by atoms with Crippen LogP contribution < -0.4 is 5.32 Å². The molecule has 2 unspecified atom stereocenters. The number of nitrogens with zero attached hydrogens (tertiary/aromatic N) is 3. The Labute approximate surface area is 186 Å². The molecule has 2 aromatic heterocycles. The molecule has 1 N–H and O–H groups in total. The summed E-state index contributed by atoms with van der Waals surface area (Å²) in [6, 6.07) is 20.5. The molecular weight excluding hydrogens is 400 g/mol. The van der Waals surface area contributed by atoms with Crippen molar-refractivity contribution in [1.82, 2.24) is 14.5 Å². The van der Waals surface area contributed by atoms with Gasteiger partial charge in [0.2, 0.25) is 5.91 Å². The number of nitrogens with one attached hydrogen (secondary N) is 1. The Bertz CT molecular complexity index is 1360. The molecule has 0 aliphatic carbocycles. The summed E-state index contributed by atoms with van der Waals surface area (Å²) in [5, 5.41) is 4.02. The molecule has 160 valence electrons. The van der Waals surface area contributed by atoms with E-state index in [1.807, 2.05) is 79.3 Å². The van der Waals surface area contributed by atoms with Gasteiger partial charge in [-0.05, 0) is 36.8 Å². The van der Waals surface area contributed by atoms with Crippen LogP contribution in [0.25, 0.3) is 10.9 Å². The molecular formula is C26H24N4O2. The Morgan fingerprint density at radius 2 is 1.69 bits per heavy atom. The zero-order chi connectivity index (χ0) is 22.4. The minimum Gasteiger partial charge on any atom is -0.350 e. The Kier molecular flexibility index (Phi) is 4.78. The van der Waals surface area contributed by atoms with E-state index in [1.165, 1.54) is 0 Å². The van der Waals surface area contributed by atoms with Crippen LogP contribution in [0.5, 0.6) is 0 Å². The molecule has 0 radical (unpaired) electrons. The van der Waals surface area contributed by atoms with Crippen LogP contribution in [-0.2, 0) is 11.8 Å². The number of carbonyl (C=O) groups excluding carboxylic acids is 2. The van der Waals surface area contributed by atoms with E-state index >= 15 is 0 Å². The molecule has 2 amide bonds. The van der Waals surface area contributed by atoms with E-state index in [9.17, 15) is 9.59 Å². The first-order chi connectivity index (χ1) is 15.5. The summed E-state index contributed by atoms with van der Waals surface area (Å²) in [6.07, 6.45) is 2.03. The lowest BCUT2D eigenvalue weighted by Gasteiger charge is -2.39. The van der Waals surface area contributed by atoms with E-state index in [2.05, 4.69) is 10.3 Å². The van der Waals surface area contributed by atoms with Crippen LogP contribution in [0.2, 0.25) is 0 Å². The number of hydrogen-bond donors (Lipinski definition) is 1. The van der Waals surface area contributed by atoms with E-state index in [1.54, 1.807) is 24.1 Å². The molecule has 3 heterocycles. The number of likely N-dealkylation sites (N-methyl/N-ethyl adjacent to an activating group) is 1. The zero-order valence-corrected chi connectivity index (χ0v) is 18.2. The molecule has 32 heavy (non-hydrogen) atoms. The quantitative estimate of drug-likeness (QED) is 0.529. The third-order valence-electron chi connectivity index (χ3n) is 6.25. The highest BCUT2D eigenvalue weighted by atomic mass is 16.2. The lowest BCUT2D eigenvalue weighted by atomic mass is 9.79. The first kappa shape index (κ1) is 20.0. The van der Waals surface area contributed by atoms with Gasteiger partial charge in [-0.15, -0.1) is 0 Å². The number of aromatic nitrogens is 2. The highest BCUT2D eigenvalue weighted by Gasteiger charge is 2.43. The topological polar surface area (TPSA) is 67.2 Å². The second kappa shape index (κ2) is 7.64. The van der Waals surface area contributed by atoms with E-state index in [0.717, 1.165) is 27.7 Å². The number of fused-ring (bicyclic) bond motifs is 2. The van der Waals surface area contributed by atoms with Gasteiger partial charge in [0, 0.05) is 48.0 Å². The van der Waals surface area contributed by atoms with Crippen molar-refractivity contribution in [2.24, 2.45) is 7.05 Å². The normalized spacial score (nSPS) is 18.0. The first-order valence-electron chi connectivity index (χ1n) is 10.6. The summed E-state index contributed by atoms with van der Waals surface area (Å²) in [7, 11) is 3.76. The molecule has 4 aromatic rings. The summed E-state index contributed by atoms with van der Waals surface area (Å²) >= 11 is 0. The summed E-state index contributed by atoms with van der Waals surface area (Å²) in [6.45, 7) is 1.89. The maximum Gasteiger partial charge on any atom is 0.254 e. The molecule has 1 aliphatic rings. The van der Waals surface area contributed by atoms with Crippen LogP contribution >= 0.6 is 0 Å². The Morgan fingerprint density at radius 1 is 0.938 bits per heavy atom. The number of pyridine rings is 1. The molecule has 0 saturated carbocycles. The van der Waals surface area contributed by atoms with Crippen molar-refractivity contribution in [1.29, 1.82) is 0 Å². The van der Waals surface area contributed by atoms with Gasteiger partial charge in [-0.25, -0.2) is 4.98 Å². The molecule has 0 fully saturated rings. The first-order valence-corrected chi connectivity index (χ1v) is 10.6. The smallest absolute Gasteiger partial charge is 0.254 e. The number of carbonyl (C=O) groups is 2. The summed E-state index contributed by atoms with van der Waals surface area (Å²) in [5.41, 5.74) is 4.12. The average molecular weight is 425 g/mol. The van der Waals surface area contributed by atoms with Gasteiger partial charge in [0.05, 0.1) is 12.0 Å². The Morgan fingerprint density at radius 3 is 2.50 bits per heavy atom. The van der Waals surface area contributed by atoms with Crippen LogP contribution in [0.4, 0.5) is 5.82 Å². The summed E-state index contributed by atoms with van der Waals surface area (Å²) in [5.74, 6) is -0.352. The Hall–Kier alpha value is -3.93. The number of rotatable bonds is 3. The minimum atomic E-state index is -0.581. The second-order valence-electron chi connectivity index (χ2n) is 8.29. The van der Waals surface area contributed by atoms with Crippen molar-refractivity contribution in [2.75, 3.05) is 12.4 Å². The molecule has 2 atom stereocenters. The number of para-hydroxylation sites is 1. The number of benzene rings is 2. The molecule has 0 spiro atoms. The molecule has 0 saturated heterocycles. The third kappa shape index (κ3) is 3.15. The molecule has 0 bridgehead atoms. The zero-order valence-electron chi connectivity index (χ0n) is 18.2. The van der Waals surface area contributed by atoms with Gasteiger partial charge in [-0.1, -0.05) is 42.5 Å². The van der Waals surface area contributed by atoms with Crippen molar-refractivity contribution in [2.45, 2.75) is 18.9 Å². The predicted molar refractivity (Wildman–Crippen MR) is 125 cm³/mol.